The van der Waals surface area contributed by atoms with Gasteiger partial charge in [0.15, 0.2) is 5.16 Å². The molecule has 1 aromatic rings. The predicted molar refractivity (Wildman–Crippen MR) is 69.0 cm³/mol. The molecular weight excluding hydrogens is 234 g/mol. The zero-order chi connectivity index (χ0) is 12.5. The van der Waals surface area contributed by atoms with Crippen LogP contribution in [0.3, 0.4) is 0 Å². The SMILES string of the molecule is Cc1cc(C)nc(SCC(O)(CN)C2CC2)n1. The molecule has 0 aromatic carbocycles. The third kappa shape index (κ3) is 3.18. The van der Waals surface area contributed by atoms with Crippen LogP contribution in [0.5, 0.6) is 0 Å². The van der Waals surface area contributed by atoms with Gasteiger partial charge in [0.25, 0.3) is 0 Å². The summed E-state index contributed by atoms with van der Waals surface area (Å²) < 4.78 is 0. The van der Waals surface area contributed by atoms with Crippen LogP contribution >= 0.6 is 11.8 Å². The Hall–Kier alpha value is -0.650. The van der Waals surface area contributed by atoms with Crippen LogP contribution in [0.25, 0.3) is 0 Å². The molecule has 1 fully saturated rings. The van der Waals surface area contributed by atoms with E-state index in [2.05, 4.69) is 9.97 Å². The molecule has 17 heavy (non-hydrogen) atoms. The topological polar surface area (TPSA) is 72.0 Å². The van der Waals surface area contributed by atoms with Gasteiger partial charge in [-0.2, -0.15) is 0 Å². The van der Waals surface area contributed by atoms with Crippen molar-refractivity contribution in [1.29, 1.82) is 0 Å². The highest BCUT2D eigenvalue weighted by molar-refractivity contribution is 7.99. The van der Waals surface area contributed by atoms with Crippen LogP contribution in [0.15, 0.2) is 11.2 Å². The molecular formula is C12H19N3OS. The number of nitrogens with two attached hydrogens (primary N) is 1. The zero-order valence-electron chi connectivity index (χ0n) is 10.3. The number of hydrogen-bond acceptors (Lipinski definition) is 5. The average molecular weight is 253 g/mol. The molecule has 3 N–H and O–H groups in total. The maximum atomic E-state index is 10.4. The van der Waals surface area contributed by atoms with Gasteiger partial charge in [-0.05, 0) is 38.7 Å². The molecule has 0 bridgehead atoms. The molecule has 1 aliphatic carbocycles. The van der Waals surface area contributed by atoms with E-state index in [0.717, 1.165) is 29.4 Å². The highest BCUT2D eigenvalue weighted by Crippen LogP contribution is 2.41. The van der Waals surface area contributed by atoms with Gasteiger partial charge in [0, 0.05) is 23.7 Å². The number of nitrogens with zero attached hydrogens (tertiary/aromatic N) is 2. The molecule has 1 unspecified atom stereocenters. The third-order valence-electron chi connectivity index (χ3n) is 3.10. The lowest BCUT2D eigenvalue weighted by Crippen LogP contribution is -2.42. The van der Waals surface area contributed by atoms with Crippen LogP contribution in [0.2, 0.25) is 0 Å². The van der Waals surface area contributed by atoms with E-state index in [0.29, 0.717) is 18.2 Å². The second-order valence-electron chi connectivity index (χ2n) is 4.80. The van der Waals surface area contributed by atoms with Gasteiger partial charge >= 0.3 is 0 Å². The summed E-state index contributed by atoms with van der Waals surface area (Å²) in [6, 6.07) is 1.94. The molecule has 1 aromatic heterocycles. The smallest absolute Gasteiger partial charge is 0.188 e. The minimum Gasteiger partial charge on any atom is -0.387 e. The molecule has 1 saturated carbocycles. The highest BCUT2D eigenvalue weighted by atomic mass is 32.2. The first-order valence-electron chi connectivity index (χ1n) is 5.91. The first kappa shape index (κ1) is 12.8. The summed E-state index contributed by atoms with van der Waals surface area (Å²) in [5, 5.41) is 11.1. The highest BCUT2D eigenvalue weighted by Gasteiger charge is 2.42. The van der Waals surface area contributed by atoms with Gasteiger partial charge in [-0.15, -0.1) is 0 Å². The van der Waals surface area contributed by atoms with Crippen LogP contribution in [0.4, 0.5) is 0 Å². The van der Waals surface area contributed by atoms with Crippen molar-refractivity contribution in [2.24, 2.45) is 11.7 Å². The Labute approximate surface area is 106 Å². The summed E-state index contributed by atoms with van der Waals surface area (Å²) in [4.78, 5) is 8.70. The fraction of sp³-hybridized carbons (Fsp3) is 0.667. The van der Waals surface area contributed by atoms with Crippen LogP contribution in [0.1, 0.15) is 24.2 Å². The summed E-state index contributed by atoms with van der Waals surface area (Å²) in [7, 11) is 0. The molecule has 5 heteroatoms. The van der Waals surface area contributed by atoms with Gasteiger partial charge in [-0.3, -0.25) is 0 Å². The number of aryl methyl sites for hydroxylation is 2. The lowest BCUT2D eigenvalue weighted by atomic mass is 10.0. The van der Waals surface area contributed by atoms with Crippen molar-refractivity contribution in [2.45, 2.75) is 37.4 Å². The Morgan fingerprint density at radius 3 is 2.47 bits per heavy atom. The summed E-state index contributed by atoms with van der Waals surface area (Å²) in [5.74, 6) is 0.947. The van der Waals surface area contributed by atoms with Gasteiger partial charge in [0.1, 0.15) is 0 Å². The number of rotatable bonds is 5. The summed E-state index contributed by atoms with van der Waals surface area (Å²) >= 11 is 1.50. The maximum absolute atomic E-state index is 10.4. The van der Waals surface area contributed by atoms with Crippen LogP contribution in [-0.4, -0.2) is 33.0 Å². The van der Waals surface area contributed by atoms with Gasteiger partial charge in [-0.25, -0.2) is 9.97 Å². The summed E-state index contributed by atoms with van der Waals surface area (Å²) in [6.07, 6.45) is 2.17. The van der Waals surface area contributed by atoms with E-state index in [1.165, 1.54) is 11.8 Å². The van der Waals surface area contributed by atoms with Gasteiger partial charge in [-0.1, -0.05) is 11.8 Å². The molecule has 4 nitrogen and oxygen atoms in total. The number of aromatic nitrogens is 2. The van der Waals surface area contributed by atoms with Gasteiger partial charge in [0.05, 0.1) is 5.60 Å². The first-order valence-corrected chi connectivity index (χ1v) is 6.89. The van der Waals surface area contributed by atoms with E-state index in [1.54, 1.807) is 0 Å². The van der Waals surface area contributed by atoms with E-state index in [9.17, 15) is 5.11 Å². The average Bonchev–Trinajstić information content (AvgIpc) is 3.08. The minimum atomic E-state index is -0.744. The van der Waals surface area contributed by atoms with E-state index < -0.39 is 5.60 Å². The second kappa shape index (κ2) is 4.92. The van der Waals surface area contributed by atoms with Crippen molar-refractivity contribution >= 4 is 11.8 Å². The fourth-order valence-electron chi connectivity index (χ4n) is 1.91. The standard InChI is InChI=1S/C12H19N3OS/c1-8-5-9(2)15-11(14-8)17-7-12(16,6-13)10-3-4-10/h5,10,16H,3-4,6-7,13H2,1-2H3. The number of aliphatic hydroxyl groups is 1. The maximum Gasteiger partial charge on any atom is 0.188 e. The molecule has 1 atom stereocenters. The second-order valence-corrected chi connectivity index (χ2v) is 5.75. The van der Waals surface area contributed by atoms with Crippen molar-refractivity contribution < 1.29 is 5.11 Å². The molecule has 94 valence electrons. The van der Waals surface area contributed by atoms with Crippen LogP contribution in [-0.2, 0) is 0 Å². The van der Waals surface area contributed by atoms with Crippen molar-refractivity contribution in [1.82, 2.24) is 9.97 Å². The molecule has 2 rings (SSSR count). The number of thioether (sulfide) groups is 1. The largest absolute Gasteiger partial charge is 0.387 e. The lowest BCUT2D eigenvalue weighted by Gasteiger charge is -2.25. The Kier molecular flexibility index (Phi) is 3.70. The minimum absolute atomic E-state index is 0.315. The monoisotopic (exact) mass is 253 g/mol. The summed E-state index contributed by atoms with van der Waals surface area (Å²) in [6.45, 7) is 4.22. The molecule has 0 saturated heterocycles. The van der Waals surface area contributed by atoms with Gasteiger partial charge < -0.3 is 10.8 Å². The fourth-order valence-corrected chi connectivity index (χ4v) is 3.06. The van der Waals surface area contributed by atoms with Crippen molar-refractivity contribution in [2.75, 3.05) is 12.3 Å². The Morgan fingerprint density at radius 1 is 1.41 bits per heavy atom. The molecule has 0 radical (unpaired) electrons. The van der Waals surface area contributed by atoms with E-state index in [1.807, 2.05) is 19.9 Å². The Bertz CT molecular complexity index is 388. The molecule has 0 amide bonds. The number of hydrogen-bond donors (Lipinski definition) is 2. The van der Waals surface area contributed by atoms with Crippen molar-refractivity contribution in [3.05, 3.63) is 17.5 Å². The normalized spacial score (nSPS) is 19.1. The van der Waals surface area contributed by atoms with Gasteiger partial charge in [0.2, 0.25) is 0 Å². The quantitative estimate of drug-likeness (QED) is 0.611. The van der Waals surface area contributed by atoms with E-state index >= 15 is 0 Å². The Balaban J connectivity index is 2.01. The van der Waals surface area contributed by atoms with Crippen molar-refractivity contribution in [3.8, 4) is 0 Å². The molecule has 1 aliphatic rings. The summed E-state index contributed by atoms with van der Waals surface area (Å²) in [5.41, 5.74) is 6.85. The Morgan fingerprint density at radius 2 is 2.00 bits per heavy atom. The first-order chi connectivity index (χ1) is 8.03. The molecule has 1 heterocycles. The van der Waals surface area contributed by atoms with E-state index in [4.69, 9.17) is 5.73 Å². The molecule has 0 spiro atoms. The predicted octanol–water partition coefficient (Wildman–Crippen LogP) is 1.29. The van der Waals surface area contributed by atoms with Crippen LogP contribution < -0.4 is 5.73 Å². The zero-order valence-corrected chi connectivity index (χ0v) is 11.1. The lowest BCUT2D eigenvalue weighted by molar-refractivity contribution is 0.0509. The van der Waals surface area contributed by atoms with E-state index in [-0.39, 0.29) is 0 Å². The van der Waals surface area contributed by atoms with Crippen molar-refractivity contribution in [3.63, 3.8) is 0 Å². The van der Waals surface area contributed by atoms with Crippen LogP contribution in [0, 0.1) is 19.8 Å². The third-order valence-corrected chi connectivity index (χ3v) is 4.19. The molecule has 0 aliphatic heterocycles.